The normalized spacial score (nSPS) is 10.5. The van der Waals surface area contributed by atoms with E-state index in [2.05, 4.69) is 25.9 Å². The van der Waals surface area contributed by atoms with E-state index in [1.807, 2.05) is 44.7 Å². The van der Waals surface area contributed by atoms with Crippen LogP contribution in [0.4, 0.5) is 5.69 Å². The van der Waals surface area contributed by atoms with Crippen LogP contribution in [0.2, 0.25) is 0 Å². The maximum atomic E-state index is 5.77. The molecule has 4 nitrogen and oxygen atoms in total. The number of nitrogens with zero attached hydrogens (tertiary/aromatic N) is 3. The molecule has 2 aromatic rings. The van der Waals surface area contributed by atoms with Crippen molar-refractivity contribution in [2.24, 2.45) is 12.8 Å². The first-order chi connectivity index (χ1) is 8.97. The molecule has 1 aromatic carbocycles. The van der Waals surface area contributed by atoms with Gasteiger partial charge >= 0.3 is 0 Å². The molecule has 6 heteroatoms. The zero-order valence-corrected chi connectivity index (χ0v) is 13.2. The third-order valence-corrected chi connectivity index (χ3v) is 3.53. The fourth-order valence-electron chi connectivity index (χ4n) is 1.94. The number of nitrogens with two attached hydrogens (primary N) is 1. The van der Waals surface area contributed by atoms with Crippen LogP contribution in [0.25, 0.3) is 0 Å². The Morgan fingerprint density at radius 1 is 1.53 bits per heavy atom. The van der Waals surface area contributed by atoms with Crippen molar-refractivity contribution in [3.05, 3.63) is 46.2 Å². The van der Waals surface area contributed by atoms with Crippen LogP contribution in [0.3, 0.4) is 0 Å². The number of aromatic nitrogens is 2. The van der Waals surface area contributed by atoms with Crippen molar-refractivity contribution in [2.45, 2.75) is 6.54 Å². The highest BCUT2D eigenvalue weighted by Crippen LogP contribution is 2.25. The van der Waals surface area contributed by atoms with Crippen LogP contribution in [0.1, 0.15) is 11.1 Å². The zero-order valence-electron chi connectivity index (χ0n) is 10.8. The smallest absolute Gasteiger partial charge is 0.106 e. The van der Waals surface area contributed by atoms with Crippen molar-refractivity contribution in [1.29, 1.82) is 0 Å². The van der Waals surface area contributed by atoms with Gasteiger partial charge in [0.15, 0.2) is 0 Å². The second kappa shape index (κ2) is 5.71. The number of anilines is 1. The molecule has 0 aliphatic heterocycles. The lowest BCUT2D eigenvalue weighted by atomic mass is 10.1. The van der Waals surface area contributed by atoms with Gasteiger partial charge in [-0.05, 0) is 18.2 Å². The maximum Gasteiger partial charge on any atom is 0.106 e. The van der Waals surface area contributed by atoms with E-state index in [1.54, 1.807) is 4.68 Å². The SMILES string of the molecule is CN(Cc1cnn(C)c1)c1cc(Br)ccc1C(N)=S. The Hall–Kier alpha value is -1.40. The monoisotopic (exact) mass is 338 g/mol. The summed E-state index contributed by atoms with van der Waals surface area (Å²) in [5, 5.41) is 4.17. The van der Waals surface area contributed by atoms with Crippen LogP contribution >= 0.6 is 28.1 Å². The molecule has 0 aliphatic rings. The molecule has 0 bridgehead atoms. The predicted octanol–water partition coefficient (Wildman–Crippen LogP) is 2.45. The molecule has 1 heterocycles. The van der Waals surface area contributed by atoms with Crippen LogP contribution in [-0.4, -0.2) is 21.8 Å². The third kappa shape index (κ3) is 3.33. The second-order valence-electron chi connectivity index (χ2n) is 4.40. The minimum absolute atomic E-state index is 0.403. The number of aryl methyl sites for hydroxylation is 1. The lowest BCUT2D eigenvalue weighted by Crippen LogP contribution is -2.21. The van der Waals surface area contributed by atoms with Gasteiger partial charge in [0.2, 0.25) is 0 Å². The van der Waals surface area contributed by atoms with Crippen molar-refractivity contribution in [2.75, 3.05) is 11.9 Å². The summed E-state index contributed by atoms with van der Waals surface area (Å²) in [5.74, 6) is 0. The number of rotatable bonds is 4. The molecular formula is C13H15BrN4S. The Morgan fingerprint density at radius 3 is 2.84 bits per heavy atom. The Morgan fingerprint density at radius 2 is 2.26 bits per heavy atom. The molecule has 0 aliphatic carbocycles. The van der Waals surface area contributed by atoms with Gasteiger partial charge in [0.1, 0.15) is 4.99 Å². The quantitative estimate of drug-likeness (QED) is 0.870. The lowest BCUT2D eigenvalue weighted by molar-refractivity contribution is 0.766. The highest BCUT2D eigenvalue weighted by Gasteiger charge is 2.11. The number of hydrogen-bond donors (Lipinski definition) is 1. The number of hydrogen-bond acceptors (Lipinski definition) is 3. The van der Waals surface area contributed by atoms with Crippen molar-refractivity contribution < 1.29 is 0 Å². The van der Waals surface area contributed by atoms with Gasteiger partial charge in [0.25, 0.3) is 0 Å². The Labute approximate surface area is 126 Å². The van der Waals surface area contributed by atoms with Crippen LogP contribution in [0.5, 0.6) is 0 Å². The maximum absolute atomic E-state index is 5.77. The molecule has 0 fully saturated rings. The van der Waals surface area contributed by atoms with Crippen LogP contribution < -0.4 is 10.6 Å². The Bertz CT molecular complexity index is 608. The first kappa shape index (κ1) is 14.0. The Kier molecular flexibility index (Phi) is 4.21. The summed E-state index contributed by atoms with van der Waals surface area (Å²) in [5.41, 5.74) is 8.80. The van der Waals surface area contributed by atoms with Gasteiger partial charge in [-0.2, -0.15) is 5.10 Å². The lowest BCUT2D eigenvalue weighted by Gasteiger charge is -2.22. The van der Waals surface area contributed by atoms with Crippen LogP contribution in [-0.2, 0) is 13.6 Å². The van der Waals surface area contributed by atoms with Gasteiger partial charge in [-0.1, -0.05) is 28.1 Å². The molecule has 19 heavy (non-hydrogen) atoms. The van der Waals surface area contributed by atoms with Gasteiger partial charge in [0.05, 0.1) is 6.20 Å². The van der Waals surface area contributed by atoms with E-state index >= 15 is 0 Å². The molecule has 0 unspecified atom stereocenters. The summed E-state index contributed by atoms with van der Waals surface area (Å²) < 4.78 is 2.79. The highest BCUT2D eigenvalue weighted by molar-refractivity contribution is 9.10. The summed E-state index contributed by atoms with van der Waals surface area (Å²) >= 11 is 8.58. The number of benzene rings is 1. The minimum Gasteiger partial charge on any atom is -0.389 e. The van der Waals surface area contributed by atoms with Gasteiger partial charge in [-0.25, -0.2) is 0 Å². The summed E-state index contributed by atoms with van der Waals surface area (Å²) in [6.07, 6.45) is 3.85. The molecule has 1 aromatic heterocycles. The molecule has 0 saturated carbocycles. The standard InChI is InChI=1S/C13H15BrN4S/c1-17(7-9-6-16-18(2)8-9)12-5-10(14)3-4-11(12)13(15)19/h3-6,8H,7H2,1-2H3,(H2,15,19). The predicted molar refractivity (Wildman–Crippen MR) is 85.3 cm³/mol. The van der Waals surface area contributed by atoms with E-state index in [0.29, 0.717) is 4.99 Å². The number of halogens is 1. The first-order valence-corrected chi connectivity index (χ1v) is 6.95. The highest BCUT2D eigenvalue weighted by atomic mass is 79.9. The summed E-state index contributed by atoms with van der Waals surface area (Å²) in [6, 6.07) is 5.89. The molecule has 2 N–H and O–H groups in total. The Balaban J connectivity index is 2.29. The third-order valence-electron chi connectivity index (χ3n) is 2.81. The van der Waals surface area contributed by atoms with E-state index in [4.69, 9.17) is 18.0 Å². The molecule has 0 radical (unpaired) electrons. The van der Waals surface area contributed by atoms with E-state index in [-0.39, 0.29) is 0 Å². The molecule has 0 atom stereocenters. The molecule has 0 saturated heterocycles. The summed E-state index contributed by atoms with van der Waals surface area (Å²) in [6.45, 7) is 0.750. The molecular weight excluding hydrogens is 324 g/mol. The average Bonchev–Trinajstić information content (AvgIpc) is 2.74. The second-order valence-corrected chi connectivity index (χ2v) is 5.76. The molecule has 0 spiro atoms. The van der Waals surface area contributed by atoms with Crippen LogP contribution in [0, 0.1) is 0 Å². The van der Waals surface area contributed by atoms with Gasteiger partial charge in [0, 0.05) is 48.1 Å². The summed E-state index contributed by atoms with van der Waals surface area (Å²) in [4.78, 5) is 2.51. The fraction of sp³-hybridized carbons (Fsp3) is 0.231. The topological polar surface area (TPSA) is 47.1 Å². The van der Waals surface area contributed by atoms with Crippen LogP contribution in [0.15, 0.2) is 35.1 Å². The molecule has 100 valence electrons. The zero-order chi connectivity index (χ0) is 14.0. The van der Waals surface area contributed by atoms with Gasteiger partial charge < -0.3 is 10.6 Å². The van der Waals surface area contributed by atoms with E-state index in [1.165, 1.54) is 0 Å². The van der Waals surface area contributed by atoms with Crippen molar-refractivity contribution >= 4 is 38.8 Å². The number of thiocarbonyl (C=S) groups is 1. The fourth-order valence-corrected chi connectivity index (χ4v) is 2.46. The van der Waals surface area contributed by atoms with E-state index in [9.17, 15) is 0 Å². The van der Waals surface area contributed by atoms with Crippen molar-refractivity contribution in [3.63, 3.8) is 0 Å². The molecule has 2 rings (SSSR count). The average molecular weight is 339 g/mol. The first-order valence-electron chi connectivity index (χ1n) is 5.75. The van der Waals surface area contributed by atoms with Gasteiger partial charge in [-0.15, -0.1) is 0 Å². The van der Waals surface area contributed by atoms with Gasteiger partial charge in [-0.3, -0.25) is 4.68 Å². The summed E-state index contributed by atoms with van der Waals surface area (Å²) in [7, 11) is 3.92. The minimum atomic E-state index is 0.403. The van der Waals surface area contributed by atoms with E-state index in [0.717, 1.165) is 27.8 Å². The van der Waals surface area contributed by atoms with Crippen molar-refractivity contribution in [1.82, 2.24) is 9.78 Å². The van der Waals surface area contributed by atoms with Crippen molar-refractivity contribution in [3.8, 4) is 0 Å². The molecule has 0 amide bonds. The largest absolute Gasteiger partial charge is 0.389 e. The van der Waals surface area contributed by atoms with E-state index < -0.39 is 0 Å².